The second-order valence-electron chi connectivity index (χ2n) is 0.224. The van der Waals surface area contributed by atoms with E-state index in [-0.39, 0.29) is 207 Å². The van der Waals surface area contributed by atoms with Crippen molar-refractivity contribution >= 4 is 8.60 Å². The minimum absolute atomic E-state index is 0. The Kier molecular flexibility index (Phi) is 61.0. The second-order valence-corrected chi connectivity index (χ2v) is 0.671. The molecule has 0 bridgehead atoms. The third-order valence-corrected chi connectivity index (χ3v) is 0. The molecule has 0 rings (SSSR count). The molecule has 0 aromatic rings. The fourth-order valence-electron chi connectivity index (χ4n) is 0. The molecule has 26 valence electrons. The molecule has 0 heterocycles. The van der Waals surface area contributed by atoms with Gasteiger partial charge in [0.15, 0.2) is 0 Å². The Labute approximate surface area is 220 Å². The van der Waals surface area contributed by atoms with E-state index in [4.69, 9.17) is 14.7 Å². The van der Waals surface area contributed by atoms with Crippen LogP contribution in [0.15, 0.2) is 0 Å². The summed E-state index contributed by atoms with van der Waals surface area (Å²) in [4.78, 5) is 25.4. The zero-order valence-electron chi connectivity index (χ0n) is 4.67. The molecule has 0 saturated carbocycles. The predicted octanol–water partition coefficient (Wildman–Crippen LogP) is -11.7. The van der Waals surface area contributed by atoms with E-state index in [1.54, 1.807) is 0 Å². The summed E-state index contributed by atoms with van der Waals surface area (Å²) >= 11 is 0. The first kappa shape index (κ1) is 23.4. The first-order valence-electron chi connectivity index (χ1n) is 0.548. The van der Waals surface area contributed by atoms with Crippen molar-refractivity contribution < 1.29 is 221 Å². The average molecular weight is 478 g/mol. The monoisotopic (exact) mass is 478 g/mol. The molecule has 0 aromatic carbocycles. The van der Waals surface area contributed by atoms with Crippen molar-refractivity contribution in [1.29, 1.82) is 0 Å². The molecule has 0 aliphatic heterocycles. The molecule has 3 nitrogen and oxygen atoms in total. The third-order valence-electron chi connectivity index (χ3n) is 0. The van der Waals surface area contributed by atoms with Gasteiger partial charge in [0.2, 0.25) is 0 Å². The maximum atomic E-state index is 8.48. The molecule has 0 fully saturated rings. The minimum atomic E-state index is -3.37. The molecule has 0 atom stereocenters. The first-order chi connectivity index (χ1) is 1.73. The van der Waals surface area contributed by atoms with E-state index in [1.165, 1.54) is 0 Å². The first-order valence-corrected chi connectivity index (χ1v) is 1.64. The smallest absolute Gasteiger partial charge is 0.854 e. The van der Waals surface area contributed by atoms with Crippen LogP contribution in [0.2, 0.25) is 0 Å². The third kappa shape index (κ3) is 32.7. The molecule has 0 unspecified atom stereocenters. The zero-order chi connectivity index (χ0) is 3.58. The SMILES string of the molecule is [Cs+].[Cs+].[Cs+].[O-]P([O-])[O-]. The molecule has 0 aliphatic rings. The quantitative estimate of drug-likeness (QED) is 0.326. The molecule has 0 aliphatic carbocycles. The Balaban J connectivity index is -0.0000000150. The van der Waals surface area contributed by atoms with E-state index in [0.29, 0.717) is 0 Å². The van der Waals surface area contributed by atoms with E-state index in [9.17, 15) is 0 Å². The van der Waals surface area contributed by atoms with Crippen molar-refractivity contribution in [2.24, 2.45) is 0 Å². The minimum Gasteiger partial charge on any atom is -0.854 e. The van der Waals surface area contributed by atoms with E-state index < -0.39 is 8.60 Å². The van der Waals surface area contributed by atoms with E-state index in [1.807, 2.05) is 0 Å². The van der Waals surface area contributed by atoms with Gasteiger partial charge in [-0.05, 0) is 0 Å². The van der Waals surface area contributed by atoms with Crippen molar-refractivity contribution in [3.8, 4) is 0 Å². The van der Waals surface area contributed by atoms with E-state index in [0.717, 1.165) is 0 Å². The maximum Gasteiger partial charge on any atom is 1.00 e. The van der Waals surface area contributed by atoms with Crippen LogP contribution in [-0.4, -0.2) is 0 Å². The maximum absolute atomic E-state index is 8.48. The number of rotatable bonds is 0. The van der Waals surface area contributed by atoms with Crippen LogP contribution in [0.5, 0.6) is 0 Å². The predicted molar refractivity (Wildman–Crippen MR) is 6.92 cm³/mol. The summed E-state index contributed by atoms with van der Waals surface area (Å²) in [6.45, 7) is 0. The van der Waals surface area contributed by atoms with Crippen LogP contribution >= 0.6 is 8.60 Å². The fraction of sp³-hybridized carbons (Fsp3) is 0. The van der Waals surface area contributed by atoms with Crippen LogP contribution in [0, 0.1) is 0 Å². The Morgan fingerprint density at radius 3 is 0.714 bits per heavy atom. The van der Waals surface area contributed by atoms with Gasteiger partial charge >= 0.3 is 207 Å². The van der Waals surface area contributed by atoms with Gasteiger partial charge in [-0.2, -0.15) is 0 Å². The molecular weight excluding hydrogens is 478 g/mol. The van der Waals surface area contributed by atoms with Gasteiger partial charge in [-0.3, -0.25) is 0 Å². The van der Waals surface area contributed by atoms with Crippen molar-refractivity contribution in [1.82, 2.24) is 0 Å². The fourth-order valence-corrected chi connectivity index (χ4v) is 0. The van der Waals surface area contributed by atoms with Crippen molar-refractivity contribution in [3.05, 3.63) is 0 Å². The summed E-state index contributed by atoms with van der Waals surface area (Å²) in [7, 11) is -3.37. The second kappa shape index (κ2) is 18.3. The zero-order valence-corrected chi connectivity index (χ0v) is 24.4. The molecule has 0 N–H and O–H groups in total. The van der Waals surface area contributed by atoms with Gasteiger partial charge in [-0.15, -0.1) is 0 Å². The molecule has 0 aromatic heterocycles. The summed E-state index contributed by atoms with van der Waals surface area (Å²) in [5, 5.41) is 0. The van der Waals surface area contributed by atoms with Gasteiger partial charge in [-0.25, -0.2) is 0 Å². The molecule has 0 spiro atoms. The van der Waals surface area contributed by atoms with E-state index >= 15 is 0 Å². The van der Waals surface area contributed by atoms with Crippen LogP contribution in [0.25, 0.3) is 0 Å². The molecule has 0 saturated heterocycles. The van der Waals surface area contributed by atoms with Crippen molar-refractivity contribution in [3.63, 3.8) is 0 Å². The summed E-state index contributed by atoms with van der Waals surface area (Å²) in [6.07, 6.45) is 0. The molecule has 0 amide bonds. The summed E-state index contributed by atoms with van der Waals surface area (Å²) in [6, 6.07) is 0. The molecule has 7 heavy (non-hydrogen) atoms. The summed E-state index contributed by atoms with van der Waals surface area (Å²) in [5.41, 5.74) is 0. The Bertz CT molecular complexity index is 14.9. The van der Waals surface area contributed by atoms with Gasteiger partial charge in [0.1, 0.15) is 0 Å². The van der Waals surface area contributed by atoms with Crippen LogP contribution in [-0.2, 0) is 0 Å². The molecular formula is Cs3O3P. The van der Waals surface area contributed by atoms with Gasteiger partial charge in [0, 0.05) is 0 Å². The van der Waals surface area contributed by atoms with Gasteiger partial charge in [-0.1, -0.05) is 0 Å². The average Bonchev–Trinajstić information content (AvgIpc) is 0.811. The van der Waals surface area contributed by atoms with Crippen molar-refractivity contribution in [2.75, 3.05) is 0 Å². The number of hydrogen-bond acceptors (Lipinski definition) is 3. The van der Waals surface area contributed by atoms with Gasteiger partial charge in [0.05, 0.1) is 0 Å². The van der Waals surface area contributed by atoms with Crippen LogP contribution < -0.4 is 221 Å². The van der Waals surface area contributed by atoms with Crippen LogP contribution in [0.1, 0.15) is 0 Å². The Hall–Kier alpha value is 6.47. The molecule has 7 heteroatoms. The summed E-state index contributed by atoms with van der Waals surface area (Å²) < 4.78 is 0. The van der Waals surface area contributed by atoms with Crippen LogP contribution in [0.4, 0.5) is 0 Å². The summed E-state index contributed by atoms with van der Waals surface area (Å²) in [5.74, 6) is 0. The van der Waals surface area contributed by atoms with Crippen LogP contribution in [0.3, 0.4) is 0 Å². The van der Waals surface area contributed by atoms with Gasteiger partial charge in [0.25, 0.3) is 0 Å². The van der Waals surface area contributed by atoms with Gasteiger partial charge < -0.3 is 23.3 Å². The van der Waals surface area contributed by atoms with Crippen molar-refractivity contribution in [2.45, 2.75) is 0 Å². The topological polar surface area (TPSA) is 69.2 Å². The Morgan fingerprint density at radius 1 is 0.714 bits per heavy atom. The Morgan fingerprint density at radius 2 is 0.714 bits per heavy atom. The number of hydrogen-bond donors (Lipinski definition) is 0. The largest absolute Gasteiger partial charge is 1.00 e. The standard InChI is InChI=1S/3Cs.O3P/c;;;1-4(2)3/q3*+1;-3. The normalized spacial score (nSPS) is 5.14. The molecule has 0 radical (unpaired) electrons. The van der Waals surface area contributed by atoms with E-state index in [2.05, 4.69) is 0 Å².